The van der Waals surface area contributed by atoms with Gasteiger partial charge in [0.1, 0.15) is 5.69 Å². The fourth-order valence-electron chi connectivity index (χ4n) is 3.48. The van der Waals surface area contributed by atoms with Gasteiger partial charge in [0.15, 0.2) is 0 Å². The number of aromatic nitrogens is 2. The van der Waals surface area contributed by atoms with E-state index >= 15 is 0 Å². The number of hydrogen-bond acceptors (Lipinski definition) is 3. The first-order chi connectivity index (χ1) is 11.8. The molecule has 132 valence electrons. The van der Waals surface area contributed by atoms with Crippen molar-refractivity contribution in [2.24, 2.45) is 0 Å². The molecule has 1 unspecified atom stereocenters. The molecule has 3 aromatic rings. The summed E-state index contributed by atoms with van der Waals surface area (Å²) in [5, 5.41) is 9.64. The van der Waals surface area contributed by atoms with Gasteiger partial charge in [-0.3, -0.25) is 10.00 Å². The average molecular weight is 378 g/mol. The predicted molar refractivity (Wildman–Crippen MR) is 105 cm³/mol. The lowest BCUT2D eigenvalue weighted by molar-refractivity contribution is 0.0201. The molecule has 1 aromatic heterocycles. The van der Waals surface area contributed by atoms with Crippen LogP contribution in [0, 0.1) is 0 Å². The van der Waals surface area contributed by atoms with Crippen LogP contribution in [0.4, 0.5) is 0 Å². The minimum Gasteiger partial charge on any atom is -0.379 e. The number of rotatable bonds is 3. The Balaban J connectivity index is 0.00000182. The topological polar surface area (TPSA) is 41.2 Å². The van der Waals surface area contributed by atoms with E-state index in [0.717, 1.165) is 59.0 Å². The maximum absolute atomic E-state index is 6.63. The molecule has 1 aliphatic rings. The Hall–Kier alpha value is -1.59. The normalized spacial score (nSPS) is 16.6. The van der Waals surface area contributed by atoms with E-state index in [1.807, 2.05) is 30.3 Å². The summed E-state index contributed by atoms with van der Waals surface area (Å²) in [6.45, 7) is 5.61. The molecule has 1 aliphatic heterocycles. The second kappa shape index (κ2) is 7.75. The van der Waals surface area contributed by atoms with Gasteiger partial charge in [-0.25, -0.2) is 0 Å². The van der Waals surface area contributed by atoms with E-state index in [9.17, 15) is 0 Å². The predicted octanol–water partition coefficient (Wildman–Crippen LogP) is 4.70. The van der Waals surface area contributed by atoms with Crippen LogP contribution in [0.1, 0.15) is 18.5 Å². The van der Waals surface area contributed by atoms with Crippen LogP contribution in [0.5, 0.6) is 0 Å². The molecular formula is C19H21Cl2N3O. The Labute approximate surface area is 158 Å². The van der Waals surface area contributed by atoms with E-state index in [-0.39, 0.29) is 18.4 Å². The van der Waals surface area contributed by atoms with Crippen LogP contribution in [0.25, 0.3) is 22.2 Å². The van der Waals surface area contributed by atoms with Gasteiger partial charge < -0.3 is 4.74 Å². The first-order valence-electron chi connectivity index (χ1n) is 8.29. The molecule has 25 heavy (non-hydrogen) atoms. The Bertz CT molecular complexity index is 845. The summed E-state index contributed by atoms with van der Waals surface area (Å²) in [7, 11) is 0. The molecule has 0 aliphatic carbocycles. The third-order valence-corrected chi connectivity index (χ3v) is 5.11. The van der Waals surface area contributed by atoms with Gasteiger partial charge in [-0.05, 0) is 24.6 Å². The molecule has 1 atom stereocenters. The van der Waals surface area contributed by atoms with Crippen molar-refractivity contribution in [2.75, 3.05) is 26.3 Å². The molecule has 0 amide bonds. The third-order valence-electron chi connectivity index (χ3n) is 4.78. The maximum Gasteiger partial charge on any atom is 0.100 e. The van der Waals surface area contributed by atoms with Crippen molar-refractivity contribution >= 4 is 34.9 Å². The molecule has 4 rings (SSSR count). The van der Waals surface area contributed by atoms with Crippen molar-refractivity contribution in [3.05, 3.63) is 53.1 Å². The van der Waals surface area contributed by atoms with Gasteiger partial charge in [-0.2, -0.15) is 5.10 Å². The lowest BCUT2D eigenvalue weighted by Crippen LogP contribution is -2.38. The maximum atomic E-state index is 6.63. The number of ether oxygens (including phenoxy) is 1. The Morgan fingerprint density at radius 1 is 1.12 bits per heavy atom. The minimum absolute atomic E-state index is 0. The standard InChI is InChI=1S/C19H20ClN3O.ClH/c1-13(23-9-11-24-12-10-23)17-15(20)7-8-16-18(17)19(22-21-16)14-5-3-2-4-6-14;/h2-8,13H,9-12H2,1H3,(H,21,22);1H. The Morgan fingerprint density at radius 3 is 2.56 bits per heavy atom. The molecule has 0 radical (unpaired) electrons. The number of H-pyrrole nitrogens is 1. The first-order valence-corrected chi connectivity index (χ1v) is 8.67. The van der Waals surface area contributed by atoms with E-state index in [1.54, 1.807) is 0 Å². The molecule has 2 aromatic carbocycles. The summed E-state index contributed by atoms with van der Waals surface area (Å²) in [4.78, 5) is 2.42. The van der Waals surface area contributed by atoms with Gasteiger partial charge >= 0.3 is 0 Å². The average Bonchev–Trinajstić information content (AvgIpc) is 3.06. The highest BCUT2D eigenvalue weighted by Crippen LogP contribution is 2.38. The fraction of sp³-hybridized carbons (Fsp3) is 0.316. The van der Waals surface area contributed by atoms with Crippen LogP contribution >= 0.6 is 24.0 Å². The highest BCUT2D eigenvalue weighted by atomic mass is 35.5. The first kappa shape index (κ1) is 18.2. The van der Waals surface area contributed by atoms with E-state index in [1.165, 1.54) is 0 Å². The molecule has 0 spiro atoms. The Kier molecular flexibility index (Phi) is 5.64. The van der Waals surface area contributed by atoms with Gasteiger partial charge in [0.05, 0.1) is 18.7 Å². The number of halogens is 2. The highest BCUT2D eigenvalue weighted by Gasteiger charge is 2.25. The molecule has 4 nitrogen and oxygen atoms in total. The quantitative estimate of drug-likeness (QED) is 0.718. The van der Waals surface area contributed by atoms with E-state index in [2.05, 4.69) is 34.2 Å². The van der Waals surface area contributed by atoms with Crippen LogP contribution < -0.4 is 0 Å². The summed E-state index contributed by atoms with van der Waals surface area (Å²) in [5.41, 5.74) is 4.22. The van der Waals surface area contributed by atoms with Gasteiger partial charge in [0, 0.05) is 35.1 Å². The fourth-order valence-corrected chi connectivity index (χ4v) is 3.79. The molecule has 1 fully saturated rings. The summed E-state index contributed by atoms with van der Waals surface area (Å²) in [5.74, 6) is 0. The molecule has 6 heteroatoms. The van der Waals surface area contributed by atoms with Crippen molar-refractivity contribution in [2.45, 2.75) is 13.0 Å². The van der Waals surface area contributed by atoms with Crippen LogP contribution in [0.3, 0.4) is 0 Å². The van der Waals surface area contributed by atoms with Crippen molar-refractivity contribution in [1.29, 1.82) is 0 Å². The van der Waals surface area contributed by atoms with E-state index < -0.39 is 0 Å². The smallest absolute Gasteiger partial charge is 0.100 e. The van der Waals surface area contributed by atoms with Crippen LogP contribution in [0.15, 0.2) is 42.5 Å². The molecule has 0 saturated carbocycles. The van der Waals surface area contributed by atoms with Gasteiger partial charge in [0.2, 0.25) is 0 Å². The molecule has 2 heterocycles. The number of aromatic amines is 1. The van der Waals surface area contributed by atoms with Crippen molar-refractivity contribution in [3.63, 3.8) is 0 Å². The Morgan fingerprint density at radius 2 is 1.84 bits per heavy atom. The molecular weight excluding hydrogens is 357 g/mol. The zero-order chi connectivity index (χ0) is 16.5. The second-order valence-electron chi connectivity index (χ2n) is 6.15. The van der Waals surface area contributed by atoms with Gasteiger partial charge in [-0.15, -0.1) is 12.4 Å². The monoisotopic (exact) mass is 377 g/mol. The van der Waals surface area contributed by atoms with Crippen molar-refractivity contribution in [1.82, 2.24) is 15.1 Å². The van der Waals surface area contributed by atoms with Crippen LogP contribution in [-0.2, 0) is 4.74 Å². The molecule has 1 N–H and O–H groups in total. The lowest BCUT2D eigenvalue weighted by atomic mass is 9.97. The second-order valence-corrected chi connectivity index (χ2v) is 6.55. The van der Waals surface area contributed by atoms with Crippen LogP contribution in [-0.4, -0.2) is 41.4 Å². The van der Waals surface area contributed by atoms with E-state index in [0.29, 0.717) is 0 Å². The number of morpholine rings is 1. The summed E-state index contributed by atoms with van der Waals surface area (Å²) in [6.07, 6.45) is 0. The van der Waals surface area contributed by atoms with Crippen LogP contribution in [0.2, 0.25) is 5.02 Å². The SMILES string of the molecule is CC(c1c(Cl)ccc2[nH]nc(-c3ccccc3)c12)N1CCOCC1.Cl. The zero-order valence-corrected chi connectivity index (χ0v) is 15.6. The molecule has 0 bridgehead atoms. The number of nitrogens with one attached hydrogen (secondary N) is 1. The summed E-state index contributed by atoms with van der Waals surface area (Å²) in [6, 6.07) is 14.4. The van der Waals surface area contributed by atoms with Crippen molar-refractivity contribution in [3.8, 4) is 11.3 Å². The largest absolute Gasteiger partial charge is 0.379 e. The number of nitrogens with zero attached hydrogens (tertiary/aromatic N) is 2. The number of benzene rings is 2. The van der Waals surface area contributed by atoms with E-state index in [4.69, 9.17) is 16.3 Å². The summed E-state index contributed by atoms with van der Waals surface area (Å²) >= 11 is 6.63. The van der Waals surface area contributed by atoms with Gasteiger partial charge in [-0.1, -0.05) is 41.9 Å². The highest BCUT2D eigenvalue weighted by molar-refractivity contribution is 6.32. The van der Waals surface area contributed by atoms with Crippen molar-refractivity contribution < 1.29 is 4.74 Å². The lowest BCUT2D eigenvalue weighted by Gasteiger charge is -2.33. The summed E-state index contributed by atoms with van der Waals surface area (Å²) < 4.78 is 5.49. The third kappa shape index (κ3) is 3.40. The zero-order valence-electron chi connectivity index (χ0n) is 14.0. The number of hydrogen-bond donors (Lipinski definition) is 1. The number of fused-ring (bicyclic) bond motifs is 1. The minimum atomic E-state index is 0. The molecule has 1 saturated heterocycles. The van der Waals surface area contributed by atoms with Gasteiger partial charge in [0.25, 0.3) is 0 Å².